The molecule has 0 unspecified atom stereocenters. The van der Waals surface area contributed by atoms with Gasteiger partial charge in [-0.05, 0) is 44.2 Å². The van der Waals surface area contributed by atoms with Crippen LogP contribution in [0.1, 0.15) is 51.4 Å². The zero-order valence-electron chi connectivity index (χ0n) is 18.8. The van der Waals surface area contributed by atoms with E-state index in [2.05, 4.69) is 5.32 Å². The number of rotatable bonds is 4. The van der Waals surface area contributed by atoms with Gasteiger partial charge in [-0.2, -0.15) is 0 Å². The molecular formula is C24H30N4O5. The van der Waals surface area contributed by atoms with Gasteiger partial charge in [0.15, 0.2) is 6.10 Å². The molecule has 2 saturated heterocycles. The molecule has 3 aliphatic heterocycles. The van der Waals surface area contributed by atoms with E-state index in [-0.39, 0.29) is 37.2 Å². The molecule has 1 saturated carbocycles. The summed E-state index contributed by atoms with van der Waals surface area (Å²) in [5, 5.41) is 2.85. The second-order valence-electron chi connectivity index (χ2n) is 9.39. The van der Waals surface area contributed by atoms with Crippen molar-refractivity contribution < 1.29 is 23.9 Å². The molecule has 9 heteroatoms. The first-order chi connectivity index (χ1) is 16.0. The molecule has 3 fully saturated rings. The number of piperidine rings is 1. The number of carbonyl (C=O) groups is 4. The summed E-state index contributed by atoms with van der Waals surface area (Å²) in [6, 6.07) is 6.75. The number of imide groups is 1. The number of nitrogens with one attached hydrogen (secondary N) is 1. The SMILES string of the molecule is O=C([C@H]1CN(C(=O)CCN2C(=O)NC3(CCCC3)C2=O)c2ccccc2O1)N1CCCCC1. The van der Waals surface area contributed by atoms with Crippen LogP contribution in [0, 0.1) is 0 Å². The van der Waals surface area contributed by atoms with E-state index in [1.807, 2.05) is 17.0 Å². The normalized spacial score (nSPS) is 24.0. The number of benzene rings is 1. The molecule has 5 amide bonds. The van der Waals surface area contributed by atoms with Gasteiger partial charge in [-0.3, -0.25) is 19.3 Å². The number of ether oxygens (including phenoxy) is 1. The lowest BCUT2D eigenvalue weighted by atomic mass is 9.98. The number of amides is 5. The summed E-state index contributed by atoms with van der Waals surface area (Å²) in [5.74, 6) is -0.0693. The predicted molar refractivity (Wildman–Crippen MR) is 120 cm³/mol. The second-order valence-corrected chi connectivity index (χ2v) is 9.39. The Balaban J connectivity index is 1.29. The molecule has 176 valence electrons. The topological polar surface area (TPSA) is 99.3 Å². The monoisotopic (exact) mass is 454 g/mol. The van der Waals surface area contributed by atoms with Crippen LogP contribution >= 0.6 is 0 Å². The third-order valence-corrected chi connectivity index (χ3v) is 7.27. The summed E-state index contributed by atoms with van der Waals surface area (Å²) in [6.07, 6.45) is 5.43. The van der Waals surface area contributed by atoms with Gasteiger partial charge in [0.1, 0.15) is 11.3 Å². The van der Waals surface area contributed by atoms with Crippen LogP contribution in [0.5, 0.6) is 5.75 Å². The van der Waals surface area contributed by atoms with Crippen molar-refractivity contribution in [1.29, 1.82) is 0 Å². The summed E-state index contributed by atoms with van der Waals surface area (Å²) in [6.45, 7) is 1.56. The molecule has 1 aromatic carbocycles. The largest absolute Gasteiger partial charge is 0.476 e. The third-order valence-electron chi connectivity index (χ3n) is 7.27. The summed E-state index contributed by atoms with van der Waals surface area (Å²) in [7, 11) is 0. The first-order valence-corrected chi connectivity index (χ1v) is 12.0. The van der Waals surface area contributed by atoms with Gasteiger partial charge in [0.2, 0.25) is 5.91 Å². The van der Waals surface area contributed by atoms with Crippen molar-refractivity contribution in [1.82, 2.24) is 15.1 Å². The van der Waals surface area contributed by atoms with Crippen LogP contribution in [0.4, 0.5) is 10.5 Å². The van der Waals surface area contributed by atoms with Crippen LogP contribution in [-0.2, 0) is 14.4 Å². The molecule has 1 N–H and O–H groups in total. The van der Waals surface area contributed by atoms with Gasteiger partial charge in [0, 0.05) is 26.1 Å². The first kappa shape index (κ1) is 21.7. The highest BCUT2D eigenvalue weighted by molar-refractivity contribution is 6.07. The molecule has 33 heavy (non-hydrogen) atoms. The molecule has 5 rings (SSSR count). The Labute approximate surface area is 193 Å². The Hall–Kier alpha value is -3.10. The molecule has 0 bridgehead atoms. The quantitative estimate of drug-likeness (QED) is 0.702. The van der Waals surface area contributed by atoms with Crippen LogP contribution in [0.25, 0.3) is 0 Å². The van der Waals surface area contributed by atoms with E-state index in [1.165, 1.54) is 4.90 Å². The molecule has 1 aromatic rings. The van der Waals surface area contributed by atoms with Crippen molar-refractivity contribution in [3.63, 3.8) is 0 Å². The van der Waals surface area contributed by atoms with Gasteiger partial charge >= 0.3 is 6.03 Å². The minimum absolute atomic E-state index is 0.00575. The van der Waals surface area contributed by atoms with Crippen molar-refractivity contribution in [2.24, 2.45) is 0 Å². The van der Waals surface area contributed by atoms with E-state index in [0.717, 1.165) is 32.1 Å². The van der Waals surface area contributed by atoms with Crippen LogP contribution in [-0.4, -0.2) is 71.4 Å². The lowest BCUT2D eigenvalue weighted by molar-refractivity contribution is -0.139. The van der Waals surface area contributed by atoms with Crippen LogP contribution in [0.15, 0.2) is 24.3 Å². The highest BCUT2D eigenvalue weighted by atomic mass is 16.5. The number of fused-ring (bicyclic) bond motifs is 1. The molecular weight excluding hydrogens is 424 g/mol. The number of carbonyl (C=O) groups excluding carboxylic acids is 4. The molecule has 3 heterocycles. The van der Waals surface area contributed by atoms with E-state index in [4.69, 9.17) is 4.74 Å². The highest BCUT2D eigenvalue weighted by Gasteiger charge is 2.52. The van der Waals surface area contributed by atoms with Gasteiger partial charge in [-0.25, -0.2) is 4.79 Å². The van der Waals surface area contributed by atoms with E-state index < -0.39 is 17.7 Å². The van der Waals surface area contributed by atoms with Crippen molar-refractivity contribution in [3.05, 3.63) is 24.3 Å². The molecule has 4 aliphatic rings. The maximum atomic E-state index is 13.3. The standard InChI is InChI=1S/C24H30N4O5/c29-20(10-15-27-22(31)24(25-23(27)32)11-4-5-12-24)28-16-19(21(30)26-13-6-1-7-14-26)33-18-9-3-2-8-17(18)28/h2-3,8-9,19H,1,4-7,10-16H2,(H,25,32)/t19-/m1/s1. The fourth-order valence-electron chi connectivity index (χ4n) is 5.46. The molecule has 0 aromatic heterocycles. The Bertz CT molecular complexity index is 967. The maximum absolute atomic E-state index is 13.3. The van der Waals surface area contributed by atoms with Crippen LogP contribution in [0.2, 0.25) is 0 Å². The lowest BCUT2D eigenvalue weighted by Crippen LogP contribution is -2.53. The van der Waals surface area contributed by atoms with Gasteiger partial charge < -0.3 is 19.9 Å². The van der Waals surface area contributed by atoms with Gasteiger partial charge in [0.05, 0.1) is 12.2 Å². The minimum Gasteiger partial charge on any atom is -0.476 e. The highest BCUT2D eigenvalue weighted by Crippen LogP contribution is 2.36. The fraction of sp³-hybridized carbons (Fsp3) is 0.583. The van der Waals surface area contributed by atoms with Gasteiger partial charge in [-0.15, -0.1) is 0 Å². The summed E-state index contributed by atoms with van der Waals surface area (Å²) < 4.78 is 5.99. The lowest BCUT2D eigenvalue weighted by Gasteiger charge is -2.37. The Kier molecular flexibility index (Phi) is 5.72. The second kappa shape index (κ2) is 8.68. The molecule has 1 atom stereocenters. The molecule has 1 spiro atoms. The number of para-hydroxylation sites is 2. The molecule has 9 nitrogen and oxygen atoms in total. The Morgan fingerprint density at radius 3 is 2.52 bits per heavy atom. The zero-order chi connectivity index (χ0) is 23.0. The zero-order valence-corrected chi connectivity index (χ0v) is 18.8. The summed E-state index contributed by atoms with van der Waals surface area (Å²) in [4.78, 5) is 56.2. The maximum Gasteiger partial charge on any atom is 0.325 e. The van der Waals surface area contributed by atoms with E-state index in [9.17, 15) is 19.2 Å². The number of likely N-dealkylation sites (tertiary alicyclic amines) is 1. The van der Waals surface area contributed by atoms with Crippen molar-refractivity contribution in [3.8, 4) is 5.75 Å². The Morgan fingerprint density at radius 2 is 1.76 bits per heavy atom. The van der Waals surface area contributed by atoms with E-state index >= 15 is 0 Å². The summed E-state index contributed by atoms with van der Waals surface area (Å²) in [5.41, 5.74) is -0.174. The number of hydrogen-bond donors (Lipinski definition) is 1. The van der Waals surface area contributed by atoms with Crippen LogP contribution in [0.3, 0.4) is 0 Å². The average Bonchev–Trinajstić information content (AvgIpc) is 3.41. The van der Waals surface area contributed by atoms with Crippen LogP contribution < -0.4 is 15.0 Å². The smallest absolute Gasteiger partial charge is 0.325 e. The number of anilines is 1. The Morgan fingerprint density at radius 1 is 1.03 bits per heavy atom. The fourth-order valence-corrected chi connectivity index (χ4v) is 5.46. The minimum atomic E-state index is -0.780. The predicted octanol–water partition coefficient (Wildman–Crippen LogP) is 2.05. The van der Waals surface area contributed by atoms with Crippen molar-refractivity contribution in [2.45, 2.75) is 63.0 Å². The van der Waals surface area contributed by atoms with E-state index in [0.29, 0.717) is 37.4 Å². The van der Waals surface area contributed by atoms with Crippen molar-refractivity contribution >= 4 is 29.4 Å². The third kappa shape index (κ3) is 3.94. The van der Waals surface area contributed by atoms with Gasteiger partial charge in [0.25, 0.3) is 11.8 Å². The van der Waals surface area contributed by atoms with E-state index in [1.54, 1.807) is 17.0 Å². The van der Waals surface area contributed by atoms with Crippen molar-refractivity contribution in [2.75, 3.05) is 31.1 Å². The average molecular weight is 455 g/mol. The van der Waals surface area contributed by atoms with Gasteiger partial charge in [-0.1, -0.05) is 25.0 Å². The first-order valence-electron chi connectivity index (χ1n) is 12.0. The number of urea groups is 1. The molecule has 1 aliphatic carbocycles. The summed E-state index contributed by atoms with van der Waals surface area (Å²) >= 11 is 0. The number of nitrogens with zero attached hydrogens (tertiary/aromatic N) is 3. The number of hydrogen-bond acceptors (Lipinski definition) is 5. The molecule has 0 radical (unpaired) electrons.